The number of β-amino-alcohol motifs (C(OH)–C–C–N with tert-alkyl or cyclic N) is 1. The van der Waals surface area contributed by atoms with Crippen molar-refractivity contribution in [1.82, 2.24) is 24.8 Å². The van der Waals surface area contributed by atoms with Crippen LogP contribution in [0.25, 0.3) is 5.65 Å². The van der Waals surface area contributed by atoms with Gasteiger partial charge in [0.1, 0.15) is 0 Å². The van der Waals surface area contributed by atoms with Gasteiger partial charge in [0, 0.05) is 42.7 Å². The highest BCUT2D eigenvalue weighted by Gasteiger charge is 2.19. The molecule has 1 fully saturated rings. The van der Waals surface area contributed by atoms with Gasteiger partial charge >= 0.3 is 0 Å². The lowest BCUT2D eigenvalue weighted by atomic mass is 9.99. The van der Waals surface area contributed by atoms with E-state index in [2.05, 4.69) is 41.1 Å². The summed E-state index contributed by atoms with van der Waals surface area (Å²) >= 11 is 0. The highest BCUT2D eigenvalue weighted by molar-refractivity contribution is 5.42. The van der Waals surface area contributed by atoms with E-state index in [1.807, 2.05) is 23.7 Å². The predicted molar refractivity (Wildman–Crippen MR) is 99.7 cm³/mol. The fourth-order valence-corrected chi connectivity index (χ4v) is 3.63. The van der Waals surface area contributed by atoms with E-state index in [0.29, 0.717) is 6.54 Å². The average molecular weight is 345 g/mol. The Morgan fingerprint density at radius 2 is 2.04 bits per heavy atom. The fourth-order valence-electron chi connectivity index (χ4n) is 3.63. The van der Waals surface area contributed by atoms with Gasteiger partial charge < -0.3 is 15.3 Å². The van der Waals surface area contributed by atoms with Crippen LogP contribution in [0.5, 0.6) is 0 Å². The molecular formula is C19H31N5O. The molecule has 6 nitrogen and oxygen atoms in total. The summed E-state index contributed by atoms with van der Waals surface area (Å²) in [4.78, 5) is 6.88. The summed E-state index contributed by atoms with van der Waals surface area (Å²) in [5.41, 5.74) is 4.07. The van der Waals surface area contributed by atoms with Crippen molar-refractivity contribution in [2.24, 2.45) is 5.92 Å². The van der Waals surface area contributed by atoms with E-state index in [1.165, 1.54) is 12.8 Å². The van der Waals surface area contributed by atoms with Gasteiger partial charge in [-0.05, 0) is 52.6 Å². The Labute approximate surface area is 150 Å². The van der Waals surface area contributed by atoms with E-state index < -0.39 is 0 Å². The van der Waals surface area contributed by atoms with Crippen LogP contribution in [0.1, 0.15) is 49.7 Å². The maximum absolute atomic E-state index is 10.4. The van der Waals surface area contributed by atoms with E-state index in [9.17, 15) is 5.11 Å². The number of hydrogen-bond acceptors (Lipinski definition) is 5. The minimum atomic E-state index is -0.347. The lowest BCUT2D eigenvalue weighted by Gasteiger charge is -2.32. The van der Waals surface area contributed by atoms with Crippen LogP contribution in [0.3, 0.4) is 0 Å². The maximum Gasteiger partial charge on any atom is 0.155 e. The molecular weight excluding hydrogens is 314 g/mol. The molecule has 3 rings (SSSR count). The maximum atomic E-state index is 10.4. The van der Waals surface area contributed by atoms with E-state index in [-0.39, 0.29) is 12.1 Å². The van der Waals surface area contributed by atoms with Gasteiger partial charge in [0.2, 0.25) is 0 Å². The molecule has 1 saturated heterocycles. The number of nitrogens with one attached hydrogen (secondary N) is 1. The Balaban J connectivity index is 1.55. The van der Waals surface area contributed by atoms with Gasteiger partial charge in [-0.2, -0.15) is 5.10 Å². The number of hydrogen-bond donors (Lipinski definition) is 2. The van der Waals surface area contributed by atoms with Crippen LogP contribution in [0.2, 0.25) is 0 Å². The number of aliphatic hydroxyl groups is 1. The molecule has 1 aliphatic rings. The SMILES string of the molecule is Cc1cc2ncc(C(C)NCC(O)CN3CCC(C)CC3)c(C)n2n1. The summed E-state index contributed by atoms with van der Waals surface area (Å²) < 4.78 is 1.90. The minimum absolute atomic E-state index is 0.123. The molecule has 2 N–H and O–H groups in total. The first-order valence-corrected chi connectivity index (χ1v) is 9.39. The van der Waals surface area contributed by atoms with Crippen LogP contribution < -0.4 is 5.32 Å². The van der Waals surface area contributed by atoms with Gasteiger partial charge in [0.05, 0.1) is 11.8 Å². The molecule has 0 aromatic carbocycles. The molecule has 138 valence electrons. The Bertz CT molecular complexity index is 705. The smallest absolute Gasteiger partial charge is 0.155 e. The summed E-state index contributed by atoms with van der Waals surface area (Å²) in [6.45, 7) is 12.0. The minimum Gasteiger partial charge on any atom is -0.390 e. The van der Waals surface area contributed by atoms with Crippen LogP contribution in [0.15, 0.2) is 12.3 Å². The lowest BCUT2D eigenvalue weighted by Crippen LogP contribution is -2.42. The zero-order valence-electron chi connectivity index (χ0n) is 15.9. The van der Waals surface area contributed by atoms with Crippen LogP contribution in [-0.2, 0) is 0 Å². The van der Waals surface area contributed by atoms with Crippen molar-refractivity contribution in [3.05, 3.63) is 29.2 Å². The van der Waals surface area contributed by atoms with Gasteiger partial charge in [0.25, 0.3) is 0 Å². The van der Waals surface area contributed by atoms with Crippen molar-refractivity contribution >= 4 is 5.65 Å². The van der Waals surface area contributed by atoms with Crippen LogP contribution in [-0.4, -0.2) is 56.9 Å². The first-order chi connectivity index (χ1) is 11.9. The van der Waals surface area contributed by atoms with Gasteiger partial charge in [-0.3, -0.25) is 0 Å². The number of aliphatic hydroxyl groups excluding tert-OH is 1. The third kappa shape index (κ3) is 4.37. The first kappa shape index (κ1) is 18.3. The zero-order chi connectivity index (χ0) is 18.0. The molecule has 2 unspecified atom stereocenters. The molecule has 0 saturated carbocycles. The molecule has 2 aromatic heterocycles. The van der Waals surface area contributed by atoms with Crippen molar-refractivity contribution in [2.45, 2.75) is 52.7 Å². The molecule has 6 heteroatoms. The summed E-state index contributed by atoms with van der Waals surface area (Å²) in [6, 6.07) is 2.11. The largest absolute Gasteiger partial charge is 0.390 e. The van der Waals surface area contributed by atoms with Gasteiger partial charge in [0.15, 0.2) is 5.65 Å². The predicted octanol–water partition coefficient (Wildman–Crippen LogP) is 2.09. The standard InChI is InChI=1S/C19H31N5O/c1-13-5-7-23(8-6-13)12-17(25)10-20-15(3)18-11-21-19-9-14(2)22-24(19)16(18)4/h9,11,13,15,17,20,25H,5-8,10,12H2,1-4H3. The van der Waals surface area contributed by atoms with Gasteiger partial charge in [-0.1, -0.05) is 6.92 Å². The van der Waals surface area contributed by atoms with Crippen molar-refractivity contribution in [3.8, 4) is 0 Å². The highest BCUT2D eigenvalue weighted by Crippen LogP contribution is 2.19. The quantitative estimate of drug-likeness (QED) is 0.839. The van der Waals surface area contributed by atoms with E-state index in [0.717, 1.165) is 48.2 Å². The molecule has 0 aliphatic carbocycles. The Kier molecular flexibility index (Phi) is 5.71. The third-order valence-corrected chi connectivity index (χ3v) is 5.36. The van der Waals surface area contributed by atoms with Crippen molar-refractivity contribution in [1.29, 1.82) is 0 Å². The molecule has 0 amide bonds. The number of nitrogens with zero attached hydrogens (tertiary/aromatic N) is 4. The second-order valence-corrected chi connectivity index (χ2v) is 7.62. The van der Waals surface area contributed by atoms with Crippen molar-refractivity contribution in [3.63, 3.8) is 0 Å². The Hall–Kier alpha value is -1.50. The number of aromatic nitrogens is 3. The van der Waals surface area contributed by atoms with E-state index in [1.54, 1.807) is 0 Å². The summed E-state index contributed by atoms with van der Waals surface area (Å²) in [5, 5.41) is 18.3. The molecule has 3 heterocycles. The highest BCUT2D eigenvalue weighted by atomic mass is 16.3. The Morgan fingerprint density at radius 1 is 1.32 bits per heavy atom. The number of rotatable bonds is 6. The lowest BCUT2D eigenvalue weighted by molar-refractivity contribution is 0.0892. The average Bonchev–Trinajstić information content (AvgIpc) is 2.96. The summed E-state index contributed by atoms with van der Waals surface area (Å²) in [6.07, 6.45) is 4.05. The number of likely N-dealkylation sites (tertiary alicyclic amines) is 1. The summed E-state index contributed by atoms with van der Waals surface area (Å²) in [7, 11) is 0. The van der Waals surface area contributed by atoms with E-state index in [4.69, 9.17) is 0 Å². The topological polar surface area (TPSA) is 65.7 Å². The molecule has 1 aliphatic heterocycles. The zero-order valence-corrected chi connectivity index (χ0v) is 15.9. The van der Waals surface area contributed by atoms with Crippen LogP contribution >= 0.6 is 0 Å². The fraction of sp³-hybridized carbons (Fsp3) is 0.684. The number of aryl methyl sites for hydroxylation is 2. The molecule has 2 atom stereocenters. The molecule has 0 bridgehead atoms. The second kappa shape index (κ2) is 7.81. The van der Waals surface area contributed by atoms with Gasteiger partial charge in [-0.25, -0.2) is 9.50 Å². The van der Waals surface area contributed by atoms with Crippen molar-refractivity contribution < 1.29 is 5.11 Å². The normalized spacial score (nSPS) is 19.4. The second-order valence-electron chi connectivity index (χ2n) is 7.62. The molecule has 0 radical (unpaired) electrons. The van der Waals surface area contributed by atoms with E-state index >= 15 is 0 Å². The van der Waals surface area contributed by atoms with Crippen LogP contribution in [0, 0.1) is 19.8 Å². The first-order valence-electron chi connectivity index (χ1n) is 9.39. The van der Waals surface area contributed by atoms with Gasteiger partial charge in [-0.15, -0.1) is 0 Å². The monoisotopic (exact) mass is 345 g/mol. The number of piperidine rings is 1. The molecule has 2 aromatic rings. The van der Waals surface area contributed by atoms with Crippen molar-refractivity contribution in [2.75, 3.05) is 26.2 Å². The Morgan fingerprint density at radius 3 is 2.76 bits per heavy atom. The molecule has 0 spiro atoms. The number of fused-ring (bicyclic) bond motifs is 1. The third-order valence-electron chi connectivity index (χ3n) is 5.36. The molecule has 25 heavy (non-hydrogen) atoms. The summed E-state index contributed by atoms with van der Waals surface area (Å²) in [5.74, 6) is 0.822. The van der Waals surface area contributed by atoms with Crippen LogP contribution in [0.4, 0.5) is 0 Å².